The largest absolute Gasteiger partial charge is 0.438 e. The fraction of sp³-hybridized carbons (Fsp3) is 0.348. The molecular weight excluding hydrogens is 811 g/mol. The molecule has 11 rings (SSSR count). The SMILES string of the molecule is Cc1cc(-c2nn3c(c2-n2ccn(-c4ccc5c(cnn5C)c4F)c2=O)C(C)N(C(=O)c2cc4cc(C5CCOCC5)ccc4n2[C@@]2(c4noc(=O)[nH]4)C[C@@H]2C)CC3)cc(C)c1F. The highest BCUT2D eigenvalue weighted by atomic mass is 19.1. The second-order valence-corrected chi connectivity index (χ2v) is 17.4. The van der Waals surface area contributed by atoms with Gasteiger partial charge >= 0.3 is 11.4 Å². The smallest absolute Gasteiger partial charge is 0.381 e. The van der Waals surface area contributed by atoms with Gasteiger partial charge in [0.2, 0.25) is 0 Å². The van der Waals surface area contributed by atoms with E-state index < -0.39 is 28.8 Å². The first kappa shape index (κ1) is 39.0. The van der Waals surface area contributed by atoms with E-state index in [0.29, 0.717) is 76.4 Å². The number of hydrogen-bond donors (Lipinski definition) is 1. The Hall–Kier alpha value is -6.88. The summed E-state index contributed by atoms with van der Waals surface area (Å²) in [5.74, 6) is -1.19. The zero-order valence-electron chi connectivity index (χ0n) is 35.4. The molecule has 1 N–H and O–H groups in total. The van der Waals surface area contributed by atoms with E-state index in [2.05, 4.69) is 40.4 Å². The fourth-order valence-corrected chi connectivity index (χ4v) is 10.3. The fourth-order valence-electron chi connectivity index (χ4n) is 10.3. The second-order valence-electron chi connectivity index (χ2n) is 17.4. The molecule has 3 aliphatic rings. The second kappa shape index (κ2) is 14.1. The molecule has 7 heterocycles. The van der Waals surface area contributed by atoms with Crippen LogP contribution < -0.4 is 11.4 Å². The zero-order valence-corrected chi connectivity index (χ0v) is 35.4. The van der Waals surface area contributed by atoms with Crippen molar-refractivity contribution in [2.45, 2.75) is 71.0 Å². The average Bonchev–Trinajstić information content (AvgIpc) is 3.91. The Labute approximate surface area is 358 Å². The lowest BCUT2D eigenvalue weighted by Gasteiger charge is -2.35. The molecule has 1 aliphatic carbocycles. The van der Waals surface area contributed by atoms with Crippen LogP contribution in [0.5, 0.6) is 0 Å². The molecule has 1 saturated carbocycles. The van der Waals surface area contributed by atoms with Crippen LogP contribution in [0.1, 0.15) is 83.8 Å². The van der Waals surface area contributed by atoms with Gasteiger partial charge in [0.25, 0.3) is 5.91 Å². The van der Waals surface area contributed by atoms with Crippen molar-refractivity contribution >= 4 is 27.7 Å². The first-order chi connectivity index (χ1) is 30.3. The zero-order chi connectivity index (χ0) is 43.6. The van der Waals surface area contributed by atoms with Crippen LogP contribution in [0.4, 0.5) is 8.78 Å². The number of carbonyl (C=O) groups is 1. The standard InChI is InChI=1S/C46H44F2N10O5/c1-24-18-31(19-25(2)37(24)47)39-41(56-13-12-55(45(56)61)35-9-8-34-32(38(35)48)23-49-53(34)5)40-27(4)54(14-15-57(40)51-39)42(59)36-21-30-20-29(28-10-16-62-17-11-28)6-7-33(30)58(36)46(22-26(46)3)43-50-44(60)63-52-43/h6-9,12-13,18-21,23,26-28H,10-11,14-17,22H2,1-5H3,(H,50,52,60)/t26-,27?,46-/m0/s1. The molecule has 17 heteroatoms. The third-order valence-electron chi connectivity index (χ3n) is 13.7. The van der Waals surface area contributed by atoms with Crippen LogP contribution in [0.2, 0.25) is 0 Å². The van der Waals surface area contributed by atoms with E-state index in [1.807, 2.05) is 17.6 Å². The first-order valence-corrected chi connectivity index (χ1v) is 21.3. The summed E-state index contributed by atoms with van der Waals surface area (Å²) in [6, 6.07) is 14.3. The minimum atomic E-state index is -0.846. The molecule has 3 aromatic carbocycles. The van der Waals surface area contributed by atoms with Crippen molar-refractivity contribution in [3.63, 3.8) is 0 Å². The summed E-state index contributed by atoms with van der Waals surface area (Å²) >= 11 is 0. The summed E-state index contributed by atoms with van der Waals surface area (Å²) in [7, 11) is 1.72. The Kier molecular flexibility index (Phi) is 8.71. The maximum absolute atomic E-state index is 16.1. The van der Waals surface area contributed by atoms with E-state index in [9.17, 15) is 9.59 Å². The molecule has 8 aromatic rings. The van der Waals surface area contributed by atoms with Crippen LogP contribution in [-0.4, -0.2) is 74.0 Å². The number of rotatable bonds is 7. The number of fused-ring (bicyclic) bond motifs is 3. The van der Waals surface area contributed by atoms with Crippen molar-refractivity contribution in [2.24, 2.45) is 13.0 Å². The molecule has 63 heavy (non-hydrogen) atoms. The van der Waals surface area contributed by atoms with Gasteiger partial charge < -0.3 is 14.2 Å². The summed E-state index contributed by atoms with van der Waals surface area (Å²) in [6.45, 7) is 9.26. The molecule has 15 nitrogen and oxygen atoms in total. The molecule has 2 aliphatic heterocycles. The van der Waals surface area contributed by atoms with E-state index in [4.69, 9.17) is 14.4 Å². The van der Waals surface area contributed by atoms with Crippen molar-refractivity contribution in [1.82, 2.24) is 48.3 Å². The number of carbonyl (C=O) groups excluding carboxylic acids is 1. The summed E-state index contributed by atoms with van der Waals surface area (Å²) in [5, 5.41) is 14.6. The van der Waals surface area contributed by atoms with Gasteiger partial charge in [0, 0.05) is 55.7 Å². The molecule has 0 bridgehead atoms. The molecule has 0 spiro atoms. The highest BCUT2D eigenvalue weighted by Crippen LogP contribution is 2.56. The quantitative estimate of drug-likeness (QED) is 0.184. The summed E-state index contributed by atoms with van der Waals surface area (Å²) in [4.78, 5) is 47.0. The minimum Gasteiger partial charge on any atom is -0.381 e. The molecule has 322 valence electrons. The predicted molar refractivity (Wildman–Crippen MR) is 228 cm³/mol. The summed E-state index contributed by atoms with van der Waals surface area (Å²) < 4.78 is 49.9. The summed E-state index contributed by atoms with van der Waals surface area (Å²) in [5.41, 5.74) is 4.42. The van der Waals surface area contributed by atoms with E-state index >= 15 is 13.6 Å². The molecular formula is C46H44F2N10O5. The maximum atomic E-state index is 16.1. The van der Waals surface area contributed by atoms with Crippen molar-refractivity contribution < 1.29 is 22.8 Å². The topological polar surface area (TPSA) is 156 Å². The van der Waals surface area contributed by atoms with Gasteiger partial charge in [0.05, 0.1) is 41.1 Å². The number of halogens is 2. The van der Waals surface area contributed by atoms with E-state index in [1.54, 1.807) is 65.6 Å². The van der Waals surface area contributed by atoms with E-state index in [1.165, 1.54) is 27.1 Å². The average molecular weight is 855 g/mol. The highest BCUT2D eigenvalue weighted by Gasteiger charge is 2.59. The van der Waals surface area contributed by atoms with Gasteiger partial charge in [-0.15, -0.1) is 0 Å². The number of H-pyrrole nitrogens is 1. The number of nitrogens with one attached hydrogen (secondary N) is 1. The third-order valence-corrected chi connectivity index (χ3v) is 13.7. The Balaban J connectivity index is 1.06. The van der Waals surface area contributed by atoms with Gasteiger partial charge in [-0.3, -0.25) is 32.8 Å². The van der Waals surface area contributed by atoms with Gasteiger partial charge in [0.15, 0.2) is 11.6 Å². The van der Waals surface area contributed by atoms with Gasteiger partial charge in [-0.1, -0.05) is 18.1 Å². The van der Waals surface area contributed by atoms with Crippen molar-refractivity contribution in [2.75, 3.05) is 19.8 Å². The first-order valence-electron chi connectivity index (χ1n) is 21.3. The highest BCUT2D eigenvalue weighted by molar-refractivity contribution is 6.00. The lowest BCUT2D eigenvalue weighted by Crippen LogP contribution is -2.43. The van der Waals surface area contributed by atoms with E-state index in [-0.39, 0.29) is 41.8 Å². The molecule has 5 aromatic heterocycles. The lowest BCUT2D eigenvalue weighted by molar-refractivity contribution is 0.0623. The number of aromatic amines is 1. The third kappa shape index (κ3) is 5.77. The maximum Gasteiger partial charge on any atom is 0.438 e. The van der Waals surface area contributed by atoms with Crippen LogP contribution in [-0.2, 0) is 23.9 Å². The van der Waals surface area contributed by atoms with Gasteiger partial charge in [-0.05, 0) is 111 Å². The number of hydrogen-bond acceptors (Lipinski definition) is 8. The van der Waals surface area contributed by atoms with Crippen molar-refractivity contribution in [3.8, 4) is 22.6 Å². The van der Waals surface area contributed by atoms with E-state index in [0.717, 1.165) is 23.7 Å². The number of amides is 1. The molecule has 0 radical (unpaired) electrons. The van der Waals surface area contributed by atoms with Crippen LogP contribution in [0.15, 0.2) is 81.2 Å². The number of benzene rings is 3. The summed E-state index contributed by atoms with van der Waals surface area (Å²) in [6.07, 6.45) is 6.92. The number of nitrogens with zero attached hydrogens (tertiary/aromatic N) is 9. The molecule has 1 amide bonds. The Morgan fingerprint density at radius 2 is 1.65 bits per heavy atom. The number of aromatic nitrogens is 9. The number of imidazole rings is 1. The minimum absolute atomic E-state index is 0.00665. The van der Waals surface area contributed by atoms with Crippen LogP contribution in [0, 0.1) is 31.4 Å². The van der Waals surface area contributed by atoms with Crippen LogP contribution in [0.3, 0.4) is 0 Å². The van der Waals surface area contributed by atoms with Gasteiger partial charge in [-0.2, -0.15) is 10.2 Å². The molecule has 1 saturated heterocycles. The van der Waals surface area contributed by atoms with Crippen molar-refractivity contribution in [3.05, 3.63) is 134 Å². The Bertz CT molecular complexity index is 3280. The monoisotopic (exact) mass is 854 g/mol. The van der Waals surface area contributed by atoms with Gasteiger partial charge in [-0.25, -0.2) is 18.4 Å². The predicted octanol–water partition coefficient (Wildman–Crippen LogP) is 6.80. The Morgan fingerprint density at radius 3 is 2.37 bits per heavy atom. The molecule has 2 fully saturated rings. The van der Waals surface area contributed by atoms with Crippen molar-refractivity contribution in [1.29, 1.82) is 0 Å². The van der Waals surface area contributed by atoms with Gasteiger partial charge in [0.1, 0.15) is 28.4 Å². The molecule has 3 atom stereocenters. The molecule has 1 unspecified atom stereocenters. The number of aryl methyl sites for hydroxylation is 3. The van der Waals surface area contributed by atoms with Crippen LogP contribution >= 0.6 is 0 Å². The lowest BCUT2D eigenvalue weighted by atomic mass is 9.91. The van der Waals surface area contributed by atoms with Crippen LogP contribution in [0.25, 0.3) is 44.4 Å². The normalized spacial score (nSPS) is 20.3. The Morgan fingerprint density at radius 1 is 0.921 bits per heavy atom. The number of ether oxygens (including phenoxy) is 1.